The summed E-state index contributed by atoms with van der Waals surface area (Å²) in [7, 11) is 2.10. The van der Waals surface area contributed by atoms with Crippen LogP contribution < -0.4 is 0 Å². The standard InChI is InChI=1S/C20H25N5O/c1-15-17(22-10-9-21-15)8-7-16-14-26-12-11-25(16)13-20-23-18-5-3-4-6-19(18)24(20)2/h3-6,9-10,16H,7-8,11-14H2,1-2H3/t16-/m0/s1. The first-order valence-corrected chi connectivity index (χ1v) is 9.21. The minimum absolute atomic E-state index is 0.380. The van der Waals surface area contributed by atoms with Crippen LogP contribution in [0.25, 0.3) is 11.0 Å². The second kappa shape index (κ2) is 7.51. The highest BCUT2D eigenvalue weighted by Crippen LogP contribution is 2.20. The van der Waals surface area contributed by atoms with Crippen LogP contribution in [0.4, 0.5) is 0 Å². The summed E-state index contributed by atoms with van der Waals surface area (Å²) in [6.45, 7) is 5.36. The Bertz CT molecular complexity index is 891. The Morgan fingerprint density at radius 3 is 2.88 bits per heavy atom. The summed E-state index contributed by atoms with van der Waals surface area (Å²) in [4.78, 5) is 16.1. The van der Waals surface area contributed by atoms with Gasteiger partial charge in [-0.1, -0.05) is 12.1 Å². The smallest absolute Gasteiger partial charge is 0.123 e. The van der Waals surface area contributed by atoms with E-state index in [4.69, 9.17) is 9.72 Å². The predicted octanol–water partition coefficient (Wildman–Crippen LogP) is 2.51. The molecular weight excluding hydrogens is 326 g/mol. The highest BCUT2D eigenvalue weighted by atomic mass is 16.5. The molecule has 136 valence electrons. The number of fused-ring (bicyclic) bond motifs is 1. The van der Waals surface area contributed by atoms with E-state index < -0.39 is 0 Å². The number of imidazole rings is 1. The zero-order valence-corrected chi connectivity index (χ0v) is 15.4. The average Bonchev–Trinajstić information content (AvgIpc) is 2.98. The van der Waals surface area contributed by atoms with Gasteiger partial charge in [0.15, 0.2) is 0 Å². The first-order chi connectivity index (χ1) is 12.7. The van der Waals surface area contributed by atoms with E-state index in [0.29, 0.717) is 6.04 Å². The van der Waals surface area contributed by atoms with Gasteiger partial charge in [0.2, 0.25) is 0 Å². The molecule has 1 aromatic carbocycles. The minimum atomic E-state index is 0.380. The fourth-order valence-electron chi connectivity index (χ4n) is 3.67. The van der Waals surface area contributed by atoms with Gasteiger partial charge in [0.1, 0.15) is 5.82 Å². The maximum absolute atomic E-state index is 5.75. The molecule has 0 N–H and O–H groups in total. The van der Waals surface area contributed by atoms with Crippen LogP contribution in [0, 0.1) is 6.92 Å². The number of hydrogen-bond donors (Lipinski definition) is 0. The Labute approximate surface area is 153 Å². The van der Waals surface area contributed by atoms with Gasteiger partial charge in [0.25, 0.3) is 0 Å². The average molecular weight is 351 g/mol. The molecule has 26 heavy (non-hydrogen) atoms. The summed E-state index contributed by atoms with van der Waals surface area (Å²) in [5.74, 6) is 1.11. The van der Waals surface area contributed by atoms with Gasteiger partial charge in [-0.05, 0) is 31.9 Å². The Morgan fingerprint density at radius 1 is 1.19 bits per heavy atom. The Hall–Kier alpha value is -2.31. The molecule has 3 aromatic rings. The van der Waals surface area contributed by atoms with Crippen molar-refractivity contribution in [3.63, 3.8) is 0 Å². The van der Waals surface area contributed by atoms with Gasteiger partial charge in [-0.3, -0.25) is 14.9 Å². The fraction of sp³-hybridized carbons (Fsp3) is 0.450. The lowest BCUT2D eigenvalue weighted by Crippen LogP contribution is -2.45. The number of aromatic nitrogens is 4. The Balaban J connectivity index is 1.48. The SMILES string of the molecule is Cc1nccnc1CC[C@H]1COCCN1Cc1nc2ccccc2n1C. The van der Waals surface area contributed by atoms with E-state index in [1.165, 1.54) is 5.52 Å². The number of aryl methyl sites for hydroxylation is 3. The molecule has 0 spiro atoms. The summed E-state index contributed by atoms with van der Waals surface area (Å²) < 4.78 is 7.96. The first-order valence-electron chi connectivity index (χ1n) is 9.21. The lowest BCUT2D eigenvalue weighted by molar-refractivity contribution is -0.0158. The van der Waals surface area contributed by atoms with Crippen LogP contribution in [0.15, 0.2) is 36.7 Å². The van der Waals surface area contributed by atoms with Crippen LogP contribution in [0.3, 0.4) is 0 Å². The highest BCUT2D eigenvalue weighted by Gasteiger charge is 2.25. The van der Waals surface area contributed by atoms with Crippen molar-refractivity contribution >= 4 is 11.0 Å². The third-order valence-corrected chi connectivity index (χ3v) is 5.27. The normalized spacial score (nSPS) is 18.5. The van der Waals surface area contributed by atoms with Crippen LogP contribution in [-0.4, -0.2) is 50.2 Å². The third kappa shape index (κ3) is 3.48. The number of benzene rings is 1. The van der Waals surface area contributed by atoms with Crippen molar-refractivity contribution in [3.8, 4) is 0 Å². The zero-order valence-electron chi connectivity index (χ0n) is 15.4. The molecule has 1 fully saturated rings. The molecule has 1 aliphatic heterocycles. The van der Waals surface area contributed by atoms with Crippen LogP contribution in [0.1, 0.15) is 23.6 Å². The van der Waals surface area contributed by atoms with E-state index in [1.807, 2.05) is 13.0 Å². The van der Waals surface area contributed by atoms with Crippen LogP contribution in [0.2, 0.25) is 0 Å². The number of morpholine rings is 1. The van der Waals surface area contributed by atoms with Gasteiger partial charge in [-0.2, -0.15) is 0 Å². The third-order valence-electron chi connectivity index (χ3n) is 5.27. The summed E-state index contributed by atoms with van der Waals surface area (Å²) in [6.07, 6.45) is 5.47. The molecule has 1 aliphatic rings. The summed E-state index contributed by atoms with van der Waals surface area (Å²) in [5, 5.41) is 0. The molecule has 2 aromatic heterocycles. The van der Waals surface area contributed by atoms with Crippen molar-refractivity contribution in [1.29, 1.82) is 0 Å². The van der Waals surface area contributed by atoms with Gasteiger partial charge in [0, 0.05) is 32.0 Å². The molecule has 0 bridgehead atoms. The molecule has 6 heteroatoms. The molecule has 0 radical (unpaired) electrons. The largest absolute Gasteiger partial charge is 0.378 e. The molecule has 1 saturated heterocycles. The van der Waals surface area contributed by atoms with Crippen molar-refractivity contribution in [2.45, 2.75) is 32.4 Å². The molecule has 0 saturated carbocycles. The van der Waals surface area contributed by atoms with Crippen molar-refractivity contribution in [2.75, 3.05) is 19.8 Å². The number of para-hydroxylation sites is 2. The molecule has 4 rings (SSSR count). The van der Waals surface area contributed by atoms with Crippen LogP contribution in [0.5, 0.6) is 0 Å². The van der Waals surface area contributed by atoms with Crippen LogP contribution in [-0.2, 0) is 24.8 Å². The zero-order chi connectivity index (χ0) is 17.9. The first kappa shape index (κ1) is 17.1. The van der Waals surface area contributed by atoms with Gasteiger partial charge in [-0.15, -0.1) is 0 Å². The summed E-state index contributed by atoms with van der Waals surface area (Å²) in [5.41, 5.74) is 4.35. The van der Waals surface area contributed by atoms with E-state index in [-0.39, 0.29) is 0 Å². The van der Waals surface area contributed by atoms with Gasteiger partial charge >= 0.3 is 0 Å². The fourth-order valence-corrected chi connectivity index (χ4v) is 3.67. The van der Waals surface area contributed by atoms with E-state index >= 15 is 0 Å². The molecule has 1 atom stereocenters. The molecule has 0 amide bonds. The number of ether oxygens (including phenoxy) is 1. The van der Waals surface area contributed by atoms with Crippen molar-refractivity contribution in [1.82, 2.24) is 24.4 Å². The van der Waals surface area contributed by atoms with Crippen LogP contribution >= 0.6 is 0 Å². The van der Waals surface area contributed by atoms with Crippen molar-refractivity contribution < 1.29 is 4.74 Å². The van der Waals surface area contributed by atoms with Crippen molar-refractivity contribution in [2.24, 2.45) is 7.05 Å². The number of rotatable bonds is 5. The maximum Gasteiger partial charge on any atom is 0.123 e. The molecule has 0 unspecified atom stereocenters. The summed E-state index contributed by atoms with van der Waals surface area (Å²) in [6, 6.07) is 8.69. The second-order valence-corrected chi connectivity index (χ2v) is 6.90. The second-order valence-electron chi connectivity index (χ2n) is 6.90. The molecular formula is C20H25N5O. The quantitative estimate of drug-likeness (QED) is 0.707. The number of hydrogen-bond acceptors (Lipinski definition) is 5. The summed E-state index contributed by atoms with van der Waals surface area (Å²) >= 11 is 0. The monoisotopic (exact) mass is 351 g/mol. The maximum atomic E-state index is 5.75. The van der Waals surface area contributed by atoms with Gasteiger partial charge < -0.3 is 9.30 Å². The highest BCUT2D eigenvalue weighted by molar-refractivity contribution is 5.75. The topological polar surface area (TPSA) is 56.1 Å². The molecule has 6 nitrogen and oxygen atoms in total. The predicted molar refractivity (Wildman–Crippen MR) is 101 cm³/mol. The Kier molecular flexibility index (Phi) is 4.95. The number of nitrogens with zero attached hydrogens (tertiary/aromatic N) is 5. The van der Waals surface area contributed by atoms with Gasteiger partial charge in [-0.25, -0.2) is 4.98 Å². The van der Waals surface area contributed by atoms with E-state index in [9.17, 15) is 0 Å². The minimum Gasteiger partial charge on any atom is -0.378 e. The van der Waals surface area contributed by atoms with E-state index in [0.717, 1.165) is 61.9 Å². The van der Waals surface area contributed by atoms with E-state index in [1.54, 1.807) is 12.4 Å². The van der Waals surface area contributed by atoms with Crippen molar-refractivity contribution in [3.05, 3.63) is 53.9 Å². The lowest BCUT2D eigenvalue weighted by atomic mass is 10.1. The molecule has 3 heterocycles. The van der Waals surface area contributed by atoms with E-state index in [2.05, 4.69) is 44.7 Å². The lowest BCUT2D eigenvalue weighted by Gasteiger charge is -2.35. The Morgan fingerprint density at radius 2 is 2.04 bits per heavy atom. The van der Waals surface area contributed by atoms with Gasteiger partial charge in [0.05, 0.1) is 42.2 Å². The molecule has 0 aliphatic carbocycles.